The molecule has 0 saturated carbocycles. The van der Waals surface area contributed by atoms with E-state index in [1.165, 1.54) is 15.7 Å². The molecule has 0 bridgehead atoms. The van der Waals surface area contributed by atoms with Gasteiger partial charge in [0, 0.05) is 25.8 Å². The molecule has 1 fully saturated rings. The van der Waals surface area contributed by atoms with E-state index in [1.807, 2.05) is 0 Å². The summed E-state index contributed by atoms with van der Waals surface area (Å²) in [4.78, 5) is 11.2. The molecule has 0 radical (unpaired) electrons. The third-order valence-corrected chi connectivity index (χ3v) is 5.08. The zero-order valence-corrected chi connectivity index (χ0v) is 10.7. The Labute approximate surface area is 105 Å². The van der Waals surface area contributed by atoms with Gasteiger partial charge in [-0.25, -0.2) is 0 Å². The number of rotatable bonds is 3. The summed E-state index contributed by atoms with van der Waals surface area (Å²) in [5, 5.41) is 2.72. The van der Waals surface area contributed by atoms with Crippen molar-refractivity contribution in [1.82, 2.24) is 4.31 Å². The van der Waals surface area contributed by atoms with Crippen LogP contribution in [-0.2, 0) is 21.4 Å². The highest BCUT2D eigenvalue weighted by Gasteiger charge is 2.35. The van der Waals surface area contributed by atoms with Crippen LogP contribution < -0.4 is 9.62 Å². The summed E-state index contributed by atoms with van der Waals surface area (Å²) in [6.45, 7) is 1.16. The molecule has 0 spiro atoms. The Hall–Kier alpha value is -1.60. The number of benzene rings is 1. The van der Waals surface area contributed by atoms with Crippen molar-refractivity contribution < 1.29 is 13.2 Å². The van der Waals surface area contributed by atoms with Gasteiger partial charge in [-0.1, -0.05) is 0 Å². The van der Waals surface area contributed by atoms with Gasteiger partial charge in [-0.3, -0.25) is 9.10 Å². The van der Waals surface area contributed by atoms with Crippen molar-refractivity contribution in [2.75, 3.05) is 29.8 Å². The molecule has 1 saturated heterocycles. The molecule has 1 amide bonds. The molecule has 2 aliphatic heterocycles. The largest absolute Gasteiger partial charge is 0.326 e. The topological polar surface area (TPSA) is 69.5 Å². The lowest BCUT2D eigenvalue weighted by Crippen LogP contribution is -2.32. The summed E-state index contributed by atoms with van der Waals surface area (Å²) < 4.78 is 26.7. The average Bonchev–Trinajstić information content (AvgIpc) is 3.10. The number of hydrogen-bond acceptors (Lipinski definition) is 3. The second-order valence-electron chi connectivity index (χ2n) is 4.44. The highest BCUT2D eigenvalue weighted by atomic mass is 32.2. The molecule has 0 aromatic heterocycles. The lowest BCUT2D eigenvalue weighted by Gasteiger charge is -2.20. The van der Waals surface area contributed by atoms with E-state index in [2.05, 4.69) is 5.32 Å². The zero-order valence-electron chi connectivity index (χ0n) is 9.88. The number of carbonyl (C=O) groups is 1. The quantitative estimate of drug-likeness (QED) is 0.794. The monoisotopic (exact) mass is 267 g/mol. The fourth-order valence-electron chi connectivity index (χ4n) is 1.99. The van der Waals surface area contributed by atoms with Crippen LogP contribution in [0.25, 0.3) is 0 Å². The first-order valence-electron chi connectivity index (χ1n) is 5.65. The summed E-state index contributed by atoms with van der Waals surface area (Å²) >= 11 is 0. The lowest BCUT2D eigenvalue weighted by atomic mass is 10.1. The molecular formula is C11H13N3O3S. The maximum atomic E-state index is 12.0. The van der Waals surface area contributed by atoms with Crippen LogP contribution in [0.1, 0.15) is 5.56 Å². The minimum Gasteiger partial charge on any atom is -0.326 e. The number of fused-ring (bicyclic) bond motifs is 1. The number of nitrogens with one attached hydrogen (secondary N) is 1. The van der Waals surface area contributed by atoms with Gasteiger partial charge in [0.25, 0.3) is 0 Å². The van der Waals surface area contributed by atoms with Crippen LogP contribution >= 0.6 is 0 Å². The van der Waals surface area contributed by atoms with E-state index in [1.54, 1.807) is 18.2 Å². The third kappa shape index (κ3) is 1.75. The minimum atomic E-state index is -3.39. The SMILES string of the molecule is CN(c1ccc2c(c1)CC(=O)N2)S(=O)(=O)N1CC1. The van der Waals surface area contributed by atoms with Crippen molar-refractivity contribution in [3.63, 3.8) is 0 Å². The van der Waals surface area contributed by atoms with Crippen molar-refractivity contribution in [3.05, 3.63) is 23.8 Å². The lowest BCUT2D eigenvalue weighted by molar-refractivity contribution is -0.115. The van der Waals surface area contributed by atoms with Gasteiger partial charge in [0.15, 0.2) is 0 Å². The first-order chi connectivity index (χ1) is 8.48. The van der Waals surface area contributed by atoms with Gasteiger partial charge in [0.2, 0.25) is 5.91 Å². The smallest absolute Gasteiger partial charge is 0.303 e. The van der Waals surface area contributed by atoms with Gasteiger partial charge in [0.05, 0.1) is 12.1 Å². The van der Waals surface area contributed by atoms with Gasteiger partial charge in [-0.05, 0) is 23.8 Å². The zero-order chi connectivity index (χ0) is 12.9. The van der Waals surface area contributed by atoms with Gasteiger partial charge >= 0.3 is 10.2 Å². The molecule has 7 heteroatoms. The van der Waals surface area contributed by atoms with Gasteiger partial charge in [-0.15, -0.1) is 0 Å². The summed E-state index contributed by atoms with van der Waals surface area (Å²) in [6, 6.07) is 5.18. The molecule has 2 aliphatic rings. The Morgan fingerprint density at radius 3 is 2.72 bits per heavy atom. The maximum absolute atomic E-state index is 12.0. The fourth-order valence-corrected chi connectivity index (χ4v) is 3.26. The highest BCUT2D eigenvalue weighted by molar-refractivity contribution is 7.90. The molecule has 18 heavy (non-hydrogen) atoms. The van der Waals surface area contributed by atoms with Crippen molar-refractivity contribution in [3.8, 4) is 0 Å². The van der Waals surface area contributed by atoms with Gasteiger partial charge in [0.1, 0.15) is 0 Å². The van der Waals surface area contributed by atoms with Crippen molar-refractivity contribution in [1.29, 1.82) is 0 Å². The molecule has 0 unspecified atom stereocenters. The minimum absolute atomic E-state index is 0.0568. The average molecular weight is 267 g/mol. The number of anilines is 2. The van der Waals surface area contributed by atoms with E-state index >= 15 is 0 Å². The molecular weight excluding hydrogens is 254 g/mol. The predicted octanol–water partition coefficient (Wildman–Crippen LogP) is 0.178. The second-order valence-corrected chi connectivity index (χ2v) is 6.40. The first-order valence-corrected chi connectivity index (χ1v) is 7.05. The number of carbonyl (C=O) groups excluding carboxylic acids is 1. The molecule has 0 atom stereocenters. The molecule has 1 aromatic carbocycles. The van der Waals surface area contributed by atoms with Crippen LogP contribution in [0, 0.1) is 0 Å². The number of amides is 1. The summed E-state index contributed by atoms with van der Waals surface area (Å²) in [5.41, 5.74) is 2.18. The van der Waals surface area contributed by atoms with Crippen molar-refractivity contribution in [2.24, 2.45) is 0 Å². The van der Waals surface area contributed by atoms with Crippen LogP contribution in [0.3, 0.4) is 0 Å². The number of hydrogen-bond donors (Lipinski definition) is 1. The van der Waals surface area contributed by atoms with Gasteiger partial charge in [-0.2, -0.15) is 12.7 Å². The Morgan fingerprint density at radius 1 is 1.33 bits per heavy atom. The van der Waals surface area contributed by atoms with Crippen LogP contribution in [0.4, 0.5) is 11.4 Å². The molecule has 6 nitrogen and oxygen atoms in total. The predicted molar refractivity (Wildman–Crippen MR) is 67.7 cm³/mol. The molecule has 0 aliphatic carbocycles. The molecule has 1 aromatic rings. The highest BCUT2D eigenvalue weighted by Crippen LogP contribution is 2.29. The molecule has 3 rings (SSSR count). The second kappa shape index (κ2) is 3.69. The number of nitrogens with zero attached hydrogens (tertiary/aromatic N) is 2. The van der Waals surface area contributed by atoms with Crippen molar-refractivity contribution >= 4 is 27.5 Å². The van der Waals surface area contributed by atoms with E-state index in [4.69, 9.17) is 0 Å². The standard InChI is InChI=1S/C11H13N3O3S/c1-13(18(16,17)14-4-5-14)9-2-3-10-8(6-9)7-11(15)12-10/h2-3,6H,4-5,7H2,1H3,(H,12,15). The van der Waals surface area contributed by atoms with E-state index < -0.39 is 10.2 Å². The van der Waals surface area contributed by atoms with E-state index in [0.29, 0.717) is 25.2 Å². The molecule has 96 valence electrons. The summed E-state index contributed by atoms with van der Waals surface area (Å²) in [5.74, 6) is -0.0568. The van der Waals surface area contributed by atoms with Crippen LogP contribution in [0.5, 0.6) is 0 Å². The Balaban J connectivity index is 1.94. The normalized spacial score (nSPS) is 18.4. The summed E-state index contributed by atoms with van der Waals surface area (Å²) in [7, 11) is -1.86. The van der Waals surface area contributed by atoms with Crippen LogP contribution in [0.2, 0.25) is 0 Å². The maximum Gasteiger partial charge on any atom is 0.303 e. The van der Waals surface area contributed by atoms with E-state index in [0.717, 1.165) is 11.3 Å². The fraction of sp³-hybridized carbons (Fsp3) is 0.364. The van der Waals surface area contributed by atoms with E-state index in [-0.39, 0.29) is 5.91 Å². The van der Waals surface area contributed by atoms with Crippen LogP contribution in [0.15, 0.2) is 18.2 Å². The third-order valence-electron chi connectivity index (χ3n) is 3.16. The summed E-state index contributed by atoms with van der Waals surface area (Å²) in [6.07, 6.45) is 0.306. The Morgan fingerprint density at radius 2 is 2.06 bits per heavy atom. The van der Waals surface area contributed by atoms with E-state index in [9.17, 15) is 13.2 Å². The van der Waals surface area contributed by atoms with Crippen molar-refractivity contribution in [2.45, 2.75) is 6.42 Å². The Bertz CT molecular complexity index is 622. The molecule has 2 heterocycles. The Kier molecular flexibility index (Phi) is 2.36. The first kappa shape index (κ1) is 11.5. The van der Waals surface area contributed by atoms with Crippen LogP contribution in [-0.4, -0.2) is 38.8 Å². The molecule has 1 N–H and O–H groups in total. The van der Waals surface area contributed by atoms with Gasteiger partial charge < -0.3 is 5.32 Å².